The number of carboxylic acid groups (broad SMARTS) is 1. The first kappa shape index (κ1) is 31.0. The molecule has 15 heteroatoms. The number of aromatic amines is 1. The summed E-state index contributed by atoms with van der Waals surface area (Å²) in [6, 6.07) is 1.79. The van der Waals surface area contributed by atoms with Crippen molar-refractivity contribution in [1.29, 1.82) is 0 Å². The maximum Gasteiger partial charge on any atom is 0.328 e. The van der Waals surface area contributed by atoms with Gasteiger partial charge in [0, 0.05) is 30.1 Å². The Bertz CT molecular complexity index is 1180. The van der Waals surface area contributed by atoms with Gasteiger partial charge in [0.25, 0.3) is 0 Å². The van der Waals surface area contributed by atoms with Crippen molar-refractivity contribution in [2.45, 2.75) is 56.5 Å². The Morgan fingerprint density at radius 3 is 2.31 bits per heavy atom. The second-order valence-corrected chi connectivity index (χ2v) is 8.99. The van der Waals surface area contributed by atoms with Crippen LogP contribution in [0.25, 0.3) is 10.9 Å². The minimum atomic E-state index is -1.61. The first-order chi connectivity index (χ1) is 18.4. The first-order valence-electron chi connectivity index (χ1n) is 12.2. The molecular weight excluding hydrogens is 512 g/mol. The molecule has 0 saturated carbocycles. The van der Waals surface area contributed by atoms with Gasteiger partial charge in [0.1, 0.15) is 18.1 Å². The molecule has 2 rings (SSSR count). The lowest BCUT2D eigenvalue weighted by Crippen LogP contribution is -2.60. The number of nitrogens with two attached hydrogens (primary N) is 3. The summed E-state index contributed by atoms with van der Waals surface area (Å²) in [6.45, 7) is 0.650. The van der Waals surface area contributed by atoms with Crippen LogP contribution in [0.3, 0.4) is 0 Å². The molecule has 0 bridgehead atoms. The molecule has 2 aromatic rings. The van der Waals surface area contributed by atoms with E-state index in [4.69, 9.17) is 17.2 Å². The molecule has 0 radical (unpaired) electrons. The zero-order chi connectivity index (χ0) is 29.1. The van der Waals surface area contributed by atoms with Gasteiger partial charge in [0.15, 0.2) is 5.96 Å². The number of carboxylic acids is 1. The number of nitrogens with zero attached hydrogens (tertiary/aromatic N) is 1. The Morgan fingerprint density at radius 1 is 1.03 bits per heavy atom. The van der Waals surface area contributed by atoms with E-state index in [2.05, 4.69) is 25.9 Å². The summed E-state index contributed by atoms with van der Waals surface area (Å²) < 4.78 is 0. The predicted molar refractivity (Wildman–Crippen MR) is 142 cm³/mol. The lowest BCUT2D eigenvalue weighted by atomic mass is 10.0. The van der Waals surface area contributed by atoms with Gasteiger partial charge in [-0.05, 0) is 31.4 Å². The number of carbonyl (C=O) groups is 4. The van der Waals surface area contributed by atoms with Crippen molar-refractivity contribution in [1.82, 2.24) is 20.9 Å². The third-order valence-corrected chi connectivity index (χ3v) is 5.90. The van der Waals surface area contributed by atoms with Gasteiger partial charge in [-0.25, -0.2) is 4.79 Å². The molecule has 3 amide bonds. The number of guanidine groups is 1. The molecule has 15 nitrogen and oxygen atoms in total. The number of rotatable bonds is 15. The van der Waals surface area contributed by atoms with Crippen LogP contribution < -0.4 is 33.2 Å². The number of hydrogen-bond acceptors (Lipinski definition) is 8. The number of hydrogen-bond donors (Lipinski definition) is 10. The fourth-order valence-electron chi connectivity index (χ4n) is 3.76. The topological polar surface area (TPSA) is 271 Å². The number of fused-ring (bicyclic) bond motifs is 1. The lowest BCUT2D eigenvalue weighted by molar-refractivity contribution is -0.143. The molecular formula is C24H36N8O7. The number of aliphatic hydroxyl groups excluding tert-OH is 2. The Labute approximate surface area is 224 Å². The fraction of sp³-hybridized carbons (Fsp3) is 0.458. The molecule has 0 saturated heterocycles. The van der Waals surface area contributed by atoms with Gasteiger partial charge in [-0.1, -0.05) is 18.2 Å². The minimum absolute atomic E-state index is 0.0653. The number of aliphatic carboxylic acids is 1. The van der Waals surface area contributed by atoms with Crippen LogP contribution in [0.15, 0.2) is 35.5 Å². The highest BCUT2D eigenvalue weighted by molar-refractivity contribution is 5.95. The third kappa shape index (κ3) is 9.24. The van der Waals surface area contributed by atoms with Crippen molar-refractivity contribution < 1.29 is 34.5 Å². The van der Waals surface area contributed by atoms with Gasteiger partial charge in [-0.3, -0.25) is 19.4 Å². The third-order valence-electron chi connectivity index (χ3n) is 5.90. The molecule has 214 valence electrons. The summed E-state index contributed by atoms with van der Waals surface area (Å²) in [5, 5.41) is 36.6. The quantitative estimate of drug-likeness (QED) is 0.0612. The number of carbonyl (C=O) groups excluding carboxylic acids is 3. The minimum Gasteiger partial charge on any atom is -0.480 e. The SMILES string of the molecule is CC(O)C(NC(=O)C(N)CCCN=C(N)N)C(=O)NC(Cc1c[nH]c2ccccc12)C(=O)NC(CO)C(=O)O. The van der Waals surface area contributed by atoms with Crippen LogP contribution in [0.5, 0.6) is 0 Å². The normalized spacial score (nSPS) is 14.9. The van der Waals surface area contributed by atoms with Crippen LogP contribution in [0.1, 0.15) is 25.3 Å². The van der Waals surface area contributed by atoms with Crippen LogP contribution >= 0.6 is 0 Å². The van der Waals surface area contributed by atoms with Crippen molar-refractivity contribution in [2.75, 3.05) is 13.2 Å². The maximum atomic E-state index is 13.1. The van der Waals surface area contributed by atoms with Crippen LogP contribution in [0.2, 0.25) is 0 Å². The fourth-order valence-corrected chi connectivity index (χ4v) is 3.76. The van der Waals surface area contributed by atoms with Crippen LogP contribution in [0.4, 0.5) is 0 Å². The predicted octanol–water partition coefficient (Wildman–Crippen LogP) is -3.00. The summed E-state index contributed by atoms with van der Waals surface area (Å²) in [6.07, 6.45) is 0.793. The summed E-state index contributed by atoms with van der Waals surface area (Å²) >= 11 is 0. The molecule has 0 spiro atoms. The number of aromatic nitrogens is 1. The highest BCUT2D eigenvalue weighted by atomic mass is 16.4. The molecule has 5 atom stereocenters. The molecule has 1 aromatic carbocycles. The average Bonchev–Trinajstić information content (AvgIpc) is 3.29. The van der Waals surface area contributed by atoms with E-state index in [1.54, 1.807) is 18.3 Å². The molecule has 13 N–H and O–H groups in total. The van der Waals surface area contributed by atoms with Gasteiger partial charge in [-0.2, -0.15) is 0 Å². The van der Waals surface area contributed by atoms with Gasteiger partial charge in [0.2, 0.25) is 17.7 Å². The summed E-state index contributed by atoms with van der Waals surface area (Å²) in [7, 11) is 0. The number of amides is 3. The largest absolute Gasteiger partial charge is 0.480 e. The standard InChI is InChI=1S/C24H36N8O7/c1-12(34)19(32-20(35)15(25)6-4-8-28-24(26)27)22(37)30-17(21(36)31-18(11-33)23(38)39)9-13-10-29-16-7-3-2-5-14(13)16/h2-3,5,7,10,12,15,17-19,29,33-34H,4,6,8-9,11,25H2,1H3,(H,30,37)(H,31,36)(H,32,35)(H,38,39)(H4,26,27,28). The van der Waals surface area contributed by atoms with Crippen LogP contribution in [-0.4, -0.2) is 93.4 Å². The number of benzene rings is 1. The Hall–Kier alpha value is -4.21. The van der Waals surface area contributed by atoms with Gasteiger partial charge < -0.3 is 53.5 Å². The van der Waals surface area contributed by atoms with Gasteiger partial charge in [0.05, 0.1) is 18.8 Å². The number of aliphatic imine (C=N–C) groups is 1. The summed E-state index contributed by atoms with van der Waals surface area (Å²) in [4.78, 5) is 56.9. The zero-order valence-electron chi connectivity index (χ0n) is 21.5. The number of H-pyrrole nitrogens is 1. The first-order valence-corrected chi connectivity index (χ1v) is 12.2. The number of para-hydroxylation sites is 1. The summed E-state index contributed by atoms with van der Waals surface area (Å²) in [5.74, 6) is -4.07. The molecule has 0 aliphatic carbocycles. The van der Waals surface area contributed by atoms with Crippen molar-refractivity contribution >= 4 is 40.6 Å². The van der Waals surface area contributed by atoms with E-state index < -0.39 is 60.6 Å². The van der Waals surface area contributed by atoms with E-state index in [1.807, 2.05) is 12.1 Å². The monoisotopic (exact) mass is 548 g/mol. The van der Waals surface area contributed by atoms with Crippen molar-refractivity contribution in [3.05, 3.63) is 36.0 Å². The molecule has 1 heterocycles. The molecule has 0 aliphatic rings. The highest BCUT2D eigenvalue weighted by Crippen LogP contribution is 2.19. The van der Waals surface area contributed by atoms with Crippen molar-refractivity contribution in [2.24, 2.45) is 22.2 Å². The Balaban J connectivity index is 2.19. The van der Waals surface area contributed by atoms with E-state index in [-0.39, 0.29) is 25.3 Å². The van der Waals surface area contributed by atoms with Crippen LogP contribution in [0, 0.1) is 0 Å². The van der Waals surface area contributed by atoms with Crippen molar-refractivity contribution in [3.63, 3.8) is 0 Å². The van der Waals surface area contributed by atoms with E-state index >= 15 is 0 Å². The van der Waals surface area contributed by atoms with E-state index in [0.717, 1.165) is 10.9 Å². The average molecular weight is 549 g/mol. The molecule has 5 unspecified atom stereocenters. The van der Waals surface area contributed by atoms with Crippen molar-refractivity contribution in [3.8, 4) is 0 Å². The highest BCUT2D eigenvalue weighted by Gasteiger charge is 2.32. The lowest BCUT2D eigenvalue weighted by Gasteiger charge is -2.26. The van der Waals surface area contributed by atoms with E-state index in [1.165, 1.54) is 6.92 Å². The van der Waals surface area contributed by atoms with Crippen LogP contribution in [-0.2, 0) is 25.6 Å². The summed E-state index contributed by atoms with van der Waals surface area (Å²) in [5.41, 5.74) is 17.8. The molecule has 39 heavy (non-hydrogen) atoms. The second kappa shape index (κ2) is 14.7. The van der Waals surface area contributed by atoms with E-state index in [0.29, 0.717) is 12.0 Å². The smallest absolute Gasteiger partial charge is 0.328 e. The van der Waals surface area contributed by atoms with Gasteiger partial charge >= 0.3 is 5.97 Å². The second-order valence-electron chi connectivity index (χ2n) is 8.99. The van der Waals surface area contributed by atoms with E-state index in [9.17, 15) is 34.5 Å². The Morgan fingerprint density at radius 2 is 1.69 bits per heavy atom. The molecule has 1 aromatic heterocycles. The maximum absolute atomic E-state index is 13.1. The molecule has 0 fully saturated rings. The Kier molecular flexibility index (Phi) is 11.7. The van der Waals surface area contributed by atoms with Gasteiger partial charge in [-0.15, -0.1) is 0 Å². The zero-order valence-corrected chi connectivity index (χ0v) is 21.5. The molecule has 0 aliphatic heterocycles. The number of nitrogens with one attached hydrogen (secondary N) is 4. The number of aliphatic hydroxyl groups is 2.